The van der Waals surface area contributed by atoms with Crippen molar-refractivity contribution in [2.24, 2.45) is 0 Å². The molecule has 0 bridgehead atoms. The number of hydrogen-bond acceptors (Lipinski definition) is 3. The van der Waals surface area contributed by atoms with Crippen LogP contribution in [0, 0.1) is 6.92 Å². The predicted octanol–water partition coefficient (Wildman–Crippen LogP) is 2.53. The average molecular weight is 228 g/mol. The number of para-hydroxylation sites is 1. The highest BCUT2D eigenvalue weighted by atomic mass is 15.3. The number of hydrogen-bond donors (Lipinski definition) is 1. The summed E-state index contributed by atoms with van der Waals surface area (Å²) >= 11 is 0. The molecule has 0 atom stereocenters. The molecule has 1 fully saturated rings. The topological polar surface area (TPSA) is 42.7 Å². The first-order valence-electron chi connectivity index (χ1n) is 6.04. The van der Waals surface area contributed by atoms with E-state index in [1.165, 1.54) is 12.8 Å². The van der Waals surface area contributed by atoms with Crippen molar-refractivity contribution in [1.82, 2.24) is 14.8 Å². The van der Waals surface area contributed by atoms with E-state index >= 15 is 0 Å². The second kappa shape index (κ2) is 4.20. The van der Waals surface area contributed by atoms with Gasteiger partial charge in [0.25, 0.3) is 0 Å². The second-order valence-electron chi connectivity index (χ2n) is 4.48. The van der Waals surface area contributed by atoms with Gasteiger partial charge in [-0.25, -0.2) is 0 Å². The van der Waals surface area contributed by atoms with E-state index in [1.54, 1.807) is 0 Å². The van der Waals surface area contributed by atoms with Gasteiger partial charge in [0.15, 0.2) is 5.82 Å². The van der Waals surface area contributed by atoms with Gasteiger partial charge in [0, 0.05) is 11.7 Å². The number of nitrogens with one attached hydrogen (secondary N) is 1. The van der Waals surface area contributed by atoms with E-state index in [4.69, 9.17) is 0 Å². The van der Waals surface area contributed by atoms with Crippen molar-refractivity contribution in [2.45, 2.75) is 32.4 Å². The number of benzene rings is 1. The van der Waals surface area contributed by atoms with Gasteiger partial charge in [-0.15, -0.1) is 10.2 Å². The van der Waals surface area contributed by atoms with E-state index in [-0.39, 0.29) is 0 Å². The molecule has 17 heavy (non-hydrogen) atoms. The van der Waals surface area contributed by atoms with Crippen LogP contribution >= 0.6 is 0 Å². The molecule has 1 heterocycles. The molecule has 0 aliphatic heterocycles. The SMILES string of the molecule is Cc1nnc(CNc2ccccc2)n1C1CC1. The van der Waals surface area contributed by atoms with Crippen LogP contribution in [0.25, 0.3) is 0 Å². The number of nitrogens with zero attached hydrogens (tertiary/aromatic N) is 3. The highest BCUT2D eigenvalue weighted by Crippen LogP contribution is 2.36. The molecule has 0 radical (unpaired) electrons. The molecule has 0 saturated heterocycles. The molecule has 88 valence electrons. The van der Waals surface area contributed by atoms with Crippen LogP contribution in [0.3, 0.4) is 0 Å². The van der Waals surface area contributed by atoms with Crippen LogP contribution in [0.5, 0.6) is 0 Å². The number of aromatic nitrogens is 3. The Morgan fingerprint density at radius 1 is 1.24 bits per heavy atom. The van der Waals surface area contributed by atoms with Gasteiger partial charge >= 0.3 is 0 Å². The smallest absolute Gasteiger partial charge is 0.152 e. The zero-order valence-electron chi connectivity index (χ0n) is 9.93. The van der Waals surface area contributed by atoms with Gasteiger partial charge < -0.3 is 9.88 Å². The Hall–Kier alpha value is -1.84. The fraction of sp³-hybridized carbons (Fsp3) is 0.385. The van der Waals surface area contributed by atoms with Crippen LogP contribution in [-0.2, 0) is 6.54 Å². The van der Waals surface area contributed by atoms with Crippen LogP contribution in [0.4, 0.5) is 5.69 Å². The van der Waals surface area contributed by atoms with Crippen molar-refractivity contribution in [1.29, 1.82) is 0 Å². The van der Waals surface area contributed by atoms with E-state index in [2.05, 4.69) is 32.2 Å². The predicted molar refractivity (Wildman–Crippen MR) is 66.8 cm³/mol. The Morgan fingerprint density at radius 2 is 2.00 bits per heavy atom. The second-order valence-corrected chi connectivity index (χ2v) is 4.48. The van der Waals surface area contributed by atoms with Crippen LogP contribution in [0.15, 0.2) is 30.3 Å². The van der Waals surface area contributed by atoms with Gasteiger partial charge in [0.2, 0.25) is 0 Å². The lowest BCUT2D eigenvalue weighted by Gasteiger charge is -2.08. The number of anilines is 1. The molecule has 4 heteroatoms. The average Bonchev–Trinajstić information content (AvgIpc) is 3.12. The van der Waals surface area contributed by atoms with E-state index in [0.717, 1.165) is 23.9 Å². The molecule has 1 aliphatic rings. The van der Waals surface area contributed by atoms with Crippen LogP contribution in [0.2, 0.25) is 0 Å². The highest BCUT2D eigenvalue weighted by molar-refractivity contribution is 5.42. The summed E-state index contributed by atoms with van der Waals surface area (Å²) in [6.07, 6.45) is 2.52. The fourth-order valence-electron chi connectivity index (χ4n) is 2.08. The number of aryl methyl sites for hydroxylation is 1. The highest BCUT2D eigenvalue weighted by Gasteiger charge is 2.27. The van der Waals surface area contributed by atoms with Gasteiger partial charge in [0.1, 0.15) is 5.82 Å². The van der Waals surface area contributed by atoms with Crippen molar-refractivity contribution < 1.29 is 0 Å². The zero-order valence-corrected chi connectivity index (χ0v) is 9.93. The van der Waals surface area contributed by atoms with Crippen molar-refractivity contribution in [3.8, 4) is 0 Å². The van der Waals surface area contributed by atoms with Gasteiger partial charge in [-0.1, -0.05) is 18.2 Å². The van der Waals surface area contributed by atoms with Crippen molar-refractivity contribution in [2.75, 3.05) is 5.32 Å². The Bertz CT molecular complexity index is 499. The maximum Gasteiger partial charge on any atom is 0.152 e. The Kier molecular flexibility index (Phi) is 2.55. The lowest BCUT2D eigenvalue weighted by Crippen LogP contribution is -2.08. The summed E-state index contributed by atoms with van der Waals surface area (Å²) in [5, 5.41) is 11.8. The molecule has 1 aromatic carbocycles. The minimum absolute atomic E-state index is 0.637. The fourth-order valence-corrected chi connectivity index (χ4v) is 2.08. The quantitative estimate of drug-likeness (QED) is 0.874. The standard InChI is InChI=1S/C13H16N4/c1-10-15-16-13(17(10)12-7-8-12)9-14-11-5-3-2-4-6-11/h2-6,12,14H,7-9H2,1H3. The third-order valence-corrected chi connectivity index (χ3v) is 3.07. The lowest BCUT2D eigenvalue weighted by atomic mass is 10.3. The molecular weight excluding hydrogens is 212 g/mol. The molecule has 2 aromatic rings. The molecule has 1 aliphatic carbocycles. The normalized spacial score (nSPS) is 14.9. The van der Waals surface area contributed by atoms with Gasteiger partial charge in [-0.3, -0.25) is 0 Å². The van der Waals surface area contributed by atoms with Crippen molar-refractivity contribution in [3.05, 3.63) is 42.0 Å². The molecule has 1 N–H and O–H groups in total. The van der Waals surface area contributed by atoms with Crippen LogP contribution < -0.4 is 5.32 Å². The van der Waals surface area contributed by atoms with Gasteiger partial charge in [-0.05, 0) is 31.9 Å². The van der Waals surface area contributed by atoms with Crippen molar-refractivity contribution >= 4 is 5.69 Å². The van der Waals surface area contributed by atoms with Gasteiger partial charge in [-0.2, -0.15) is 0 Å². The first-order chi connectivity index (χ1) is 8.34. The number of rotatable bonds is 4. The molecule has 3 rings (SSSR count). The summed E-state index contributed by atoms with van der Waals surface area (Å²) in [7, 11) is 0. The first kappa shape index (κ1) is 10.3. The summed E-state index contributed by atoms with van der Waals surface area (Å²) in [6, 6.07) is 10.8. The lowest BCUT2D eigenvalue weighted by molar-refractivity contribution is 0.670. The third-order valence-electron chi connectivity index (χ3n) is 3.07. The maximum absolute atomic E-state index is 4.24. The van der Waals surface area contributed by atoms with Crippen LogP contribution in [-0.4, -0.2) is 14.8 Å². The minimum Gasteiger partial charge on any atom is -0.378 e. The molecule has 0 unspecified atom stereocenters. The van der Waals surface area contributed by atoms with E-state index in [1.807, 2.05) is 25.1 Å². The minimum atomic E-state index is 0.637. The van der Waals surface area contributed by atoms with E-state index in [0.29, 0.717) is 6.04 Å². The molecule has 4 nitrogen and oxygen atoms in total. The Balaban J connectivity index is 1.73. The van der Waals surface area contributed by atoms with E-state index < -0.39 is 0 Å². The summed E-state index contributed by atoms with van der Waals surface area (Å²) in [4.78, 5) is 0. The first-order valence-corrected chi connectivity index (χ1v) is 6.04. The Labute approximate surface area is 101 Å². The summed E-state index contributed by atoms with van der Waals surface area (Å²) in [5.74, 6) is 2.06. The van der Waals surface area contributed by atoms with Gasteiger partial charge in [0.05, 0.1) is 6.54 Å². The summed E-state index contributed by atoms with van der Waals surface area (Å²) in [5.41, 5.74) is 1.12. The van der Waals surface area contributed by atoms with Crippen molar-refractivity contribution in [3.63, 3.8) is 0 Å². The summed E-state index contributed by atoms with van der Waals surface area (Å²) < 4.78 is 2.26. The van der Waals surface area contributed by atoms with Crippen LogP contribution in [0.1, 0.15) is 30.5 Å². The maximum atomic E-state index is 4.24. The molecule has 0 spiro atoms. The zero-order chi connectivity index (χ0) is 11.7. The molecular formula is C13H16N4. The largest absolute Gasteiger partial charge is 0.378 e. The molecule has 1 aromatic heterocycles. The summed E-state index contributed by atoms with van der Waals surface area (Å²) in [6.45, 7) is 2.76. The third kappa shape index (κ3) is 2.16. The molecule has 1 saturated carbocycles. The van der Waals surface area contributed by atoms with E-state index in [9.17, 15) is 0 Å². The monoisotopic (exact) mass is 228 g/mol. The molecule has 0 amide bonds. The Morgan fingerprint density at radius 3 is 2.71 bits per heavy atom.